The van der Waals surface area contributed by atoms with Gasteiger partial charge in [0.25, 0.3) is 6.71 Å². The van der Waals surface area contributed by atoms with Gasteiger partial charge in [-0.1, -0.05) is 299 Å². The van der Waals surface area contributed by atoms with Crippen molar-refractivity contribution in [1.82, 2.24) is 0 Å². The smallest absolute Gasteiger partial charge is 0.256 e. The van der Waals surface area contributed by atoms with Crippen molar-refractivity contribution < 1.29 is 25.3 Å². The summed E-state index contributed by atoms with van der Waals surface area (Å²) in [5, 5.41) is 0. The fourth-order valence-corrected chi connectivity index (χ4v) is 13.6. The molecule has 0 atom stereocenters. The van der Waals surface area contributed by atoms with Crippen LogP contribution in [0.15, 0.2) is 273 Å². The van der Waals surface area contributed by atoms with Crippen molar-refractivity contribution >= 4 is 40.2 Å². The van der Waals surface area contributed by atoms with Crippen molar-refractivity contribution in [2.75, 3.05) is 4.90 Å². The summed E-state index contributed by atoms with van der Waals surface area (Å²) in [4.78, 5) is 2.29. The van der Waals surface area contributed by atoms with E-state index in [9.17, 15) is 13.7 Å². The quantitative estimate of drug-likeness (QED) is 0.141. The van der Waals surface area contributed by atoms with Crippen molar-refractivity contribution in [3.05, 3.63) is 312 Å². The molecule has 0 saturated heterocycles. The maximum atomic E-state index is 9.88. The summed E-state index contributed by atoms with van der Waals surface area (Å²) in [6.07, 6.45) is 0. The molecule has 0 radical (unpaired) electrons. The largest absolute Gasteiger partial charge is 0.458 e. The number of hydrogen-bond acceptors (Lipinski definition) is 2. The molecule has 12 aromatic rings. The van der Waals surface area contributed by atoms with E-state index in [1.807, 2.05) is 91.0 Å². The van der Waals surface area contributed by atoms with Crippen LogP contribution < -0.4 is 26.0 Å². The molecule has 0 amide bonds. The second-order valence-corrected chi connectivity index (χ2v) is 26.5. The third-order valence-corrected chi connectivity index (χ3v) is 18.1. The molecule has 0 spiro atoms. The lowest BCUT2D eigenvalue weighted by molar-refractivity contribution is 0.488. The molecule has 3 heteroatoms. The topological polar surface area (TPSA) is 12.5 Å². The molecule has 0 aromatic heterocycles. The van der Waals surface area contributed by atoms with E-state index in [1.54, 1.807) is 18.2 Å². The monoisotopic (exact) mass is 1150 g/mol. The summed E-state index contributed by atoms with van der Waals surface area (Å²) >= 11 is 0. The normalized spacial score (nSPS) is 16.0. The molecule has 15 rings (SSSR count). The van der Waals surface area contributed by atoms with Crippen molar-refractivity contribution in [3.8, 4) is 78.3 Å². The maximum Gasteiger partial charge on any atom is 0.256 e. The first-order chi connectivity index (χ1) is 48.7. The van der Waals surface area contributed by atoms with Gasteiger partial charge < -0.3 is 9.64 Å². The first-order valence-electron chi connectivity index (χ1n) is 37.6. The third-order valence-electron chi connectivity index (χ3n) is 18.1. The highest BCUT2D eigenvalue weighted by molar-refractivity contribution is 6.99. The minimum atomic E-state index is -2.16. The Labute approximate surface area is 542 Å². The Kier molecular flexibility index (Phi) is 9.58. The van der Waals surface area contributed by atoms with Crippen LogP contribution in [0.4, 0.5) is 17.1 Å². The van der Waals surface area contributed by atoms with Gasteiger partial charge in [-0.2, -0.15) is 0 Å². The Morgan fingerprint density at radius 2 is 0.875 bits per heavy atom. The summed E-state index contributed by atoms with van der Waals surface area (Å²) in [6, 6.07) is 52.0. The SMILES string of the molecule is [2H]c1c([2H])c([2H])c(-c2cc3c4c(c2)N(c2c(-c5ccccc5)cc(C(C)(C)C)cc2-c2ccccc2)c2cc(-c5cc(C(C)(C)C)cc(C(C)(C)C)c5)ccc2B4c2cc(-c4cccc5c4C(c4c([2H])c([2H])c([2H])c([2H])c4[2H])(c4c([2H])c([2H])c([2H])c([2H])c4[2H])c4ccccc4-5)ccc2O3)c([2H])c1[2H]. The molecule has 0 N–H and O–H groups in total. The molecule has 12 aromatic carbocycles. The predicted molar refractivity (Wildman–Crippen MR) is 373 cm³/mol. The Balaban J connectivity index is 1.10. The lowest BCUT2D eigenvalue weighted by Crippen LogP contribution is -2.59. The molecule has 3 aliphatic rings. The number of ether oxygens (including phenoxy) is 1. The van der Waals surface area contributed by atoms with E-state index in [-0.39, 0.29) is 45.0 Å². The van der Waals surface area contributed by atoms with Gasteiger partial charge in [0.2, 0.25) is 0 Å². The van der Waals surface area contributed by atoms with Gasteiger partial charge in [-0.05, 0) is 164 Å². The van der Waals surface area contributed by atoms with E-state index in [0.29, 0.717) is 67.1 Å². The number of rotatable bonds is 8. The summed E-state index contributed by atoms with van der Waals surface area (Å²) in [5.41, 5.74) is 12.9. The van der Waals surface area contributed by atoms with E-state index in [0.717, 1.165) is 66.9 Å². The van der Waals surface area contributed by atoms with Crippen molar-refractivity contribution in [2.24, 2.45) is 0 Å². The summed E-state index contributed by atoms with van der Waals surface area (Å²) < 4.78 is 148. The molecule has 0 saturated carbocycles. The van der Waals surface area contributed by atoms with E-state index in [2.05, 4.69) is 140 Å². The highest BCUT2D eigenvalue weighted by atomic mass is 16.5. The highest BCUT2D eigenvalue weighted by Gasteiger charge is 2.49. The summed E-state index contributed by atoms with van der Waals surface area (Å²) in [6.45, 7) is 19.2. The zero-order chi connectivity index (χ0) is 73.3. The average molecular weight is 1150 g/mol. The first-order valence-corrected chi connectivity index (χ1v) is 30.1. The van der Waals surface area contributed by atoms with E-state index >= 15 is 0 Å². The Morgan fingerprint density at radius 1 is 0.364 bits per heavy atom. The molecule has 2 heterocycles. The van der Waals surface area contributed by atoms with Gasteiger partial charge in [-0.15, -0.1) is 0 Å². The van der Waals surface area contributed by atoms with Crippen LogP contribution in [0.2, 0.25) is 0 Å². The molecular weight excluding hydrogens is 1060 g/mol. The van der Waals surface area contributed by atoms with Crippen LogP contribution in [0.5, 0.6) is 11.5 Å². The molecule has 426 valence electrons. The van der Waals surface area contributed by atoms with Crippen molar-refractivity contribution in [2.45, 2.75) is 84.0 Å². The van der Waals surface area contributed by atoms with Crippen LogP contribution in [0.3, 0.4) is 0 Å². The average Bonchev–Trinajstić information content (AvgIpc) is 1.62. The second-order valence-electron chi connectivity index (χ2n) is 26.5. The van der Waals surface area contributed by atoms with Gasteiger partial charge in [0.15, 0.2) is 0 Å². The van der Waals surface area contributed by atoms with Crippen LogP contribution in [0.1, 0.15) is 122 Å². The standard InChI is InChI=1S/C85H72BNO/c1-82(2,3)64-46-60(47-65(52-64)83(4,5)6)58-42-44-73-75(49-58)87(81-70(56-30-17-11-18-31-56)53-66(84(7,8)9)54-71(81)57-32-19-12-20-33-57)76-50-61(55-28-15-10-16-29-55)51-78-80(76)86(73)74-48-59(43-45-77(74)88-78)67-39-27-40-69-68-38-25-26-41-72(68)85(79(67)69,62-34-21-13-22-35-62)63-36-23-14-24-37-63/h10-54H,1-9H3/i10D,13D,14D,15D,16D,21D,22D,23D,24D,28D,29D,34D,35D,36D,37D. The lowest BCUT2D eigenvalue weighted by Gasteiger charge is -2.42. The van der Waals surface area contributed by atoms with Gasteiger partial charge in [0.05, 0.1) is 31.7 Å². The predicted octanol–water partition coefficient (Wildman–Crippen LogP) is 20.7. The summed E-state index contributed by atoms with van der Waals surface area (Å²) in [5.74, 6) is 0.785. The number of benzene rings is 12. The Bertz CT molecular complexity index is 5390. The van der Waals surface area contributed by atoms with Crippen molar-refractivity contribution in [1.29, 1.82) is 0 Å². The highest BCUT2D eigenvalue weighted by Crippen LogP contribution is 2.59. The van der Waals surface area contributed by atoms with Crippen LogP contribution in [0.25, 0.3) is 66.8 Å². The van der Waals surface area contributed by atoms with E-state index < -0.39 is 90.7 Å². The maximum absolute atomic E-state index is 9.88. The van der Waals surface area contributed by atoms with Crippen LogP contribution in [-0.2, 0) is 21.7 Å². The molecule has 0 fully saturated rings. The Morgan fingerprint density at radius 3 is 1.48 bits per heavy atom. The minimum Gasteiger partial charge on any atom is -0.458 e. The molecule has 0 bridgehead atoms. The summed E-state index contributed by atoms with van der Waals surface area (Å²) in [7, 11) is 0. The zero-order valence-electron chi connectivity index (χ0n) is 65.8. The minimum absolute atomic E-state index is 0.0187. The molecule has 2 nitrogen and oxygen atoms in total. The number of hydrogen-bond donors (Lipinski definition) is 0. The third kappa shape index (κ3) is 9.00. The van der Waals surface area contributed by atoms with Gasteiger partial charge >= 0.3 is 0 Å². The van der Waals surface area contributed by atoms with Crippen LogP contribution in [-0.4, -0.2) is 6.71 Å². The van der Waals surface area contributed by atoms with Crippen molar-refractivity contribution in [3.63, 3.8) is 0 Å². The number of fused-ring (bicyclic) bond motifs is 7. The van der Waals surface area contributed by atoms with Gasteiger partial charge in [-0.25, -0.2) is 0 Å². The fourth-order valence-electron chi connectivity index (χ4n) is 13.6. The Hall–Kier alpha value is -9.70. The van der Waals surface area contributed by atoms with Crippen LogP contribution >= 0.6 is 0 Å². The van der Waals surface area contributed by atoms with Gasteiger partial charge in [0.1, 0.15) is 11.5 Å². The van der Waals surface area contributed by atoms with Crippen LogP contribution in [0, 0.1) is 0 Å². The number of anilines is 3. The van der Waals surface area contributed by atoms with E-state index in [1.165, 1.54) is 0 Å². The molecule has 88 heavy (non-hydrogen) atoms. The number of nitrogens with zero attached hydrogens (tertiary/aromatic N) is 1. The van der Waals surface area contributed by atoms with E-state index in [4.69, 9.17) is 11.6 Å². The first kappa shape index (κ1) is 40.6. The lowest BCUT2D eigenvalue weighted by atomic mass is 9.34. The second kappa shape index (κ2) is 20.7. The van der Waals surface area contributed by atoms with Gasteiger partial charge in [0, 0.05) is 22.5 Å². The zero-order valence-corrected chi connectivity index (χ0v) is 50.8. The van der Waals surface area contributed by atoms with Gasteiger partial charge in [-0.3, -0.25) is 0 Å². The fraction of sp³-hybridized carbons (Fsp3) is 0.153. The molecule has 2 aliphatic heterocycles. The molecule has 1 aliphatic carbocycles. The molecular formula is C85H72BNO. The molecule has 0 unspecified atom stereocenters.